The van der Waals surface area contributed by atoms with Crippen LogP contribution in [0.4, 0.5) is 4.79 Å². The van der Waals surface area contributed by atoms with Crippen LogP contribution in [0.2, 0.25) is 0 Å². The predicted molar refractivity (Wildman–Crippen MR) is 92.3 cm³/mol. The average molecular weight is 343 g/mol. The number of aromatic nitrogens is 2. The molecule has 0 unspecified atom stereocenters. The number of benzene rings is 1. The third-order valence-electron chi connectivity index (χ3n) is 5.09. The fraction of sp³-hybridized carbons (Fsp3) is 0.471. The topological polar surface area (TPSA) is 99.2 Å². The Morgan fingerprint density at radius 1 is 1.12 bits per heavy atom. The molecule has 2 aromatic rings. The molecule has 1 atom stereocenters. The molecule has 4 rings (SSSR count). The Labute approximate surface area is 144 Å². The van der Waals surface area contributed by atoms with Gasteiger partial charge in [-0.05, 0) is 31.4 Å². The first kappa shape index (κ1) is 15.7. The van der Waals surface area contributed by atoms with E-state index in [-0.39, 0.29) is 23.7 Å². The van der Waals surface area contributed by atoms with Gasteiger partial charge < -0.3 is 20.5 Å². The molecule has 2 saturated heterocycles. The first-order valence-electron chi connectivity index (χ1n) is 8.66. The summed E-state index contributed by atoms with van der Waals surface area (Å²) in [5, 5.41) is 5.50. The van der Waals surface area contributed by atoms with E-state index in [0.717, 1.165) is 11.0 Å². The van der Waals surface area contributed by atoms with Gasteiger partial charge in [0.05, 0.1) is 11.0 Å². The first-order valence-corrected chi connectivity index (χ1v) is 8.66. The Morgan fingerprint density at radius 3 is 2.60 bits per heavy atom. The number of carbonyl (C=O) groups is 2. The molecule has 25 heavy (non-hydrogen) atoms. The fourth-order valence-corrected chi connectivity index (χ4v) is 3.74. The van der Waals surface area contributed by atoms with Crippen LogP contribution in [0.5, 0.6) is 0 Å². The number of para-hydroxylation sites is 2. The molecule has 0 radical (unpaired) electrons. The van der Waals surface area contributed by atoms with E-state index in [1.54, 1.807) is 9.47 Å². The molecule has 1 aromatic heterocycles. The van der Waals surface area contributed by atoms with Crippen LogP contribution >= 0.6 is 0 Å². The second-order valence-corrected chi connectivity index (χ2v) is 6.62. The number of nitrogens with zero attached hydrogens (tertiary/aromatic N) is 2. The highest BCUT2D eigenvalue weighted by Crippen LogP contribution is 2.24. The number of hydrogen-bond donors (Lipinski definition) is 3. The number of fused-ring (bicyclic) bond motifs is 1. The molecule has 0 spiro atoms. The molecular weight excluding hydrogens is 322 g/mol. The van der Waals surface area contributed by atoms with Crippen molar-refractivity contribution in [3.8, 4) is 0 Å². The number of amides is 3. The number of urea groups is 1. The van der Waals surface area contributed by atoms with Gasteiger partial charge in [0.15, 0.2) is 0 Å². The molecule has 0 saturated carbocycles. The minimum atomic E-state index is -0.429. The number of imidazole rings is 1. The molecule has 2 aliphatic heterocycles. The Kier molecular flexibility index (Phi) is 3.95. The van der Waals surface area contributed by atoms with Crippen molar-refractivity contribution in [2.45, 2.75) is 31.3 Å². The number of hydrogen-bond acceptors (Lipinski definition) is 3. The zero-order valence-corrected chi connectivity index (χ0v) is 13.8. The molecule has 0 aliphatic carbocycles. The zero-order valence-electron chi connectivity index (χ0n) is 13.8. The minimum absolute atomic E-state index is 0.0717. The van der Waals surface area contributed by atoms with Crippen LogP contribution < -0.4 is 16.3 Å². The molecule has 1 aromatic carbocycles. The van der Waals surface area contributed by atoms with Crippen LogP contribution in [0.3, 0.4) is 0 Å². The van der Waals surface area contributed by atoms with Crippen molar-refractivity contribution in [2.75, 3.05) is 19.6 Å². The third kappa shape index (κ3) is 2.88. The molecule has 3 heterocycles. The van der Waals surface area contributed by atoms with E-state index >= 15 is 0 Å². The second kappa shape index (κ2) is 6.27. The van der Waals surface area contributed by atoms with Crippen LogP contribution in [0.25, 0.3) is 11.0 Å². The van der Waals surface area contributed by atoms with Crippen molar-refractivity contribution >= 4 is 23.0 Å². The molecule has 3 N–H and O–H groups in total. The number of likely N-dealkylation sites (tertiary alicyclic amines) is 1. The number of nitrogens with one attached hydrogen (secondary N) is 3. The summed E-state index contributed by atoms with van der Waals surface area (Å²) in [5.41, 5.74) is 1.63. The van der Waals surface area contributed by atoms with Crippen LogP contribution in [0.15, 0.2) is 29.1 Å². The molecule has 8 heteroatoms. The molecule has 3 amide bonds. The van der Waals surface area contributed by atoms with Gasteiger partial charge in [0, 0.05) is 25.7 Å². The predicted octanol–water partition coefficient (Wildman–Crippen LogP) is 0.565. The number of piperidine rings is 1. The van der Waals surface area contributed by atoms with Crippen molar-refractivity contribution in [3.05, 3.63) is 34.7 Å². The summed E-state index contributed by atoms with van der Waals surface area (Å²) in [7, 11) is 0. The molecule has 8 nitrogen and oxygen atoms in total. The lowest BCUT2D eigenvalue weighted by Crippen LogP contribution is -2.50. The molecule has 2 aliphatic rings. The van der Waals surface area contributed by atoms with Crippen molar-refractivity contribution in [1.82, 2.24) is 25.1 Å². The Balaban J connectivity index is 1.42. The van der Waals surface area contributed by atoms with Crippen molar-refractivity contribution in [2.24, 2.45) is 0 Å². The van der Waals surface area contributed by atoms with Gasteiger partial charge in [0.1, 0.15) is 6.04 Å². The van der Waals surface area contributed by atoms with Crippen LogP contribution in [-0.4, -0.2) is 52.1 Å². The van der Waals surface area contributed by atoms with E-state index in [4.69, 9.17) is 0 Å². The Hall–Kier alpha value is -2.77. The van der Waals surface area contributed by atoms with E-state index in [9.17, 15) is 14.4 Å². The van der Waals surface area contributed by atoms with Crippen LogP contribution in [0.1, 0.15) is 25.3 Å². The molecule has 0 bridgehead atoms. The SMILES string of the molecule is O=C1NCC[C@H]1NC(=O)N1CCC(n2c(=O)[nH]c3ccccc32)CC1. The van der Waals surface area contributed by atoms with Crippen molar-refractivity contribution in [3.63, 3.8) is 0 Å². The highest BCUT2D eigenvalue weighted by atomic mass is 16.2. The summed E-state index contributed by atoms with van der Waals surface area (Å²) >= 11 is 0. The van der Waals surface area contributed by atoms with Crippen molar-refractivity contribution in [1.29, 1.82) is 0 Å². The quantitative estimate of drug-likeness (QED) is 0.743. The van der Waals surface area contributed by atoms with Gasteiger partial charge in [-0.3, -0.25) is 9.36 Å². The second-order valence-electron chi connectivity index (χ2n) is 6.62. The monoisotopic (exact) mass is 343 g/mol. The standard InChI is InChI=1S/C17H21N5O3/c23-15-13(5-8-18-15)20-16(24)21-9-6-11(7-10-21)22-14-4-2-1-3-12(14)19-17(22)25/h1-4,11,13H,5-10H2,(H,18,23)(H,19,25)(H,20,24)/t13-/m1/s1. The maximum atomic E-state index is 12.3. The molecular formula is C17H21N5O3. The highest BCUT2D eigenvalue weighted by Gasteiger charge is 2.30. The van der Waals surface area contributed by atoms with Crippen molar-refractivity contribution < 1.29 is 9.59 Å². The smallest absolute Gasteiger partial charge is 0.326 e. The van der Waals surface area contributed by atoms with Gasteiger partial charge in [-0.15, -0.1) is 0 Å². The van der Waals surface area contributed by atoms with E-state index < -0.39 is 6.04 Å². The maximum Gasteiger partial charge on any atom is 0.326 e. The van der Waals surface area contributed by atoms with Gasteiger partial charge in [0.2, 0.25) is 5.91 Å². The fourth-order valence-electron chi connectivity index (χ4n) is 3.74. The normalized spacial score (nSPS) is 21.5. The average Bonchev–Trinajstić information content (AvgIpc) is 3.17. The van der Waals surface area contributed by atoms with E-state index in [1.165, 1.54) is 0 Å². The third-order valence-corrected chi connectivity index (χ3v) is 5.09. The lowest BCUT2D eigenvalue weighted by Gasteiger charge is -2.33. The van der Waals surface area contributed by atoms with Gasteiger partial charge in [0.25, 0.3) is 0 Å². The summed E-state index contributed by atoms with van der Waals surface area (Å²) in [6, 6.07) is 7.08. The van der Waals surface area contributed by atoms with Gasteiger partial charge in [-0.1, -0.05) is 12.1 Å². The Bertz CT molecular complexity index is 863. The number of H-pyrrole nitrogens is 1. The molecule has 2 fully saturated rings. The van der Waals surface area contributed by atoms with E-state index in [2.05, 4.69) is 15.6 Å². The summed E-state index contributed by atoms with van der Waals surface area (Å²) in [6.07, 6.45) is 2.06. The number of carbonyl (C=O) groups excluding carboxylic acids is 2. The first-order chi connectivity index (χ1) is 12.1. The summed E-state index contributed by atoms with van der Waals surface area (Å²) in [4.78, 5) is 40.8. The highest BCUT2D eigenvalue weighted by molar-refractivity contribution is 5.88. The minimum Gasteiger partial charge on any atom is -0.354 e. The van der Waals surface area contributed by atoms with E-state index in [0.29, 0.717) is 38.9 Å². The summed E-state index contributed by atoms with van der Waals surface area (Å²) in [6.45, 7) is 1.74. The maximum absolute atomic E-state index is 12.3. The largest absolute Gasteiger partial charge is 0.354 e. The lowest BCUT2D eigenvalue weighted by atomic mass is 10.0. The van der Waals surface area contributed by atoms with Crippen LogP contribution in [0, 0.1) is 0 Å². The van der Waals surface area contributed by atoms with Gasteiger partial charge in [-0.2, -0.15) is 0 Å². The summed E-state index contributed by atoms with van der Waals surface area (Å²) < 4.78 is 1.80. The Morgan fingerprint density at radius 2 is 1.88 bits per heavy atom. The van der Waals surface area contributed by atoms with Gasteiger partial charge in [-0.25, -0.2) is 9.59 Å². The lowest BCUT2D eigenvalue weighted by molar-refractivity contribution is -0.120. The molecule has 132 valence electrons. The zero-order chi connectivity index (χ0) is 17.4. The summed E-state index contributed by atoms with van der Waals surface area (Å²) in [5.74, 6) is -0.117. The van der Waals surface area contributed by atoms with Crippen LogP contribution in [-0.2, 0) is 4.79 Å². The number of rotatable bonds is 2. The van der Waals surface area contributed by atoms with E-state index in [1.807, 2.05) is 24.3 Å². The van der Waals surface area contributed by atoms with Gasteiger partial charge >= 0.3 is 11.7 Å². The number of aromatic amines is 1.